The van der Waals surface area contributed by atoms with Gasteiger partial charge in [-0.25, -0.2) is 4.39 Å². The Balaban J connectivity index is 2.10. The Morgan fingerprint density at radius 2 is 2.00 bits per heavy atom. The van der Waals surface area contributed by atoms with Crippen LogP contribution >= 0.6 is 31.9 Å². The third-order valence-electron chi connectivity index (χ3n) is 3.62. The average molecular weight is 379 g/mol. The smallest absolute Gasteiger partial charge is 0.137 e. The van der Waals surface area contributed by atoms with Crippen LogP contribution in [0.5, 0.6) is 0 Å². The molecule has 1 nitrogen and oxygen atoms in total. The van der Waals surface area contributed by atoms with E-state index < -0.39 is 0 Å². The first-order valence-electron chi connectivity index (χ1n) is 6.45. The van der Waals surface area contributed by atoms with Gasteiger partial charge in [0.05, 0.1) is 4.47 Å². The summed E-state index contributed by atoms with van der Waals surface area (Å²) in [6, 6.07) is 5.95. The summed E-state index contributed by atoms with van der Waals surface area (Å²) < 4.78 is 14.1. The van der Waals surface area contributed by atoms with Crippen molar-refractivity contribution in [1.29, 1.82) is 0 Å². The summed E-state index contributed by atoms with van der Waals surface area (Å²) in [6.07, 6.45) is 5.21. The van der Waals surface area contributed by atoms with Crippen LogP contribution in [0.15, 0.2) is 22.7 Å². The van der Waals surface area contributed by atoms with Crippen molar-refractivity contribution >= 4 is 31.9 Å². The van der Waals surface area contributed by atoms with Gasteiger partial charge in [0.2, 0.25) is 0 Å². The van der Waals surface area contributed by atoms with E-state index in [2.05, 4.69) is 36.8 Å². The van der Waals surface area contributed by atoms with Gasteiger partial charge in [-0.1, -0.05) is 40.9 Å². The lowest BCUT2D eigenvalue weighted by molar-refractivity contribution is 0.202. The fourth-order valence-corrected chi connectivity index (χ4v) is 3.50. The molecule has 1 aromatic carbocycles. The minimum Gasteiger partial charge on any atom is -0.295 e. The maximum atomic E-state index is 13.5. The lowest BCUT2D eigenvalue weighted by atomic mass is 10.1. The van der Waals surface area contributed by atoms with Gasteiger partial charge in [0.25, 0.3) is 0 Å². The second-order valence-corrected chi connectivity index (χ2v) is 6.40. The zero-order chi connectivity index (χ0) is 13.0. The van der Waals surface area contributed by atoms with Crippen molar-refractivity contribution in [3.63, 3.8) is 0 Å². The molecule has 100 valence electrons. The maximum absolute atomic E-state index is 13.5. The van der Waals surface area contributed by atoms with E-state index in [0.29, 0.717) is 10.5 Å². The fourth-order valence-electron chi connectivity index (χ4n) is 2.66. The largest absolute Gasteiger partial charge is 0.295 e. The number of alkyl halides is 1. The van der Waals surface area contributed by atoms with Gasteiger partial charge < -0.3 is 0 Å². The van der Waals surface area contributed by atoms with Crippen molar-refractivity contribution in [3.8, 4) is 0 Å². The van der Waals surface area contributed by atoms with Crippen LogP contribution in [-0.2, 0) is 6.54 Å². The SMILES string of the molecule is Fc1cccc(CN(CCBr)C2CCCC2)c1Br. The van der Waals surface area contributed by atoms with Gasteiger partial charge >= 0.3 is 0 Å². The van der Waals surface area contributed by atoms with Gasteiger partial charge in [0.1, 0.15) is 5.82 Å². The van der Waals surface area contributed by atoms with Crippen LogP contribution in [0, 0.1) is 5.82 Å². The van der Waals surface area contributed by atoms with E-state index in [1.165, 1.54) is 31.7 Å². The summed E-state index contributed by atoms with van der Waals surface area (Å²) in [7, 11) is 0. The first-order valence-corrected chi connectivity index (χ1v) is 8.36. The Morgan fingerprint density at radius 1 is 1.28 bits per heavy atom. The first-order chi connectivity index (χ1) is 8.72. The second kappa shape index (κ2) is 7.01. The highest BCUT2D eigenvalue weighted by Crippen LogP contribution is 2.27. The number of hydrogen-bond donors (Lipinski definition) is 0. The highest BCUT2D eigenvalue weighted by molar-refractivity contribution is 9.10. The number of hydrogen-bond acceptors (Lipinski definition) is 1. The number of halogens is 3. The molecule has 0 amide bonds. The Morgan fingerprint density at radius 3 is 2.67 bits per heavy atom. The molecule has 0 heterocycles. The summed E-state index contributed by atoms with van der Waals surface area (Å²) in [4.78, 5) is 2.47. The molecule has 18 heavy (non-hydrogen) atoms. The molecule has 0 spiro atoms. The van der Waals surface area contributed by atoms with E-state index in [0.717, 1.165) is 24.0 Å². The van der Waals surface area contributed by atoms with Crippen molar-refractivity contribution in [2.24, 2.45) is 0 Å². The van der Waals surface area contributed by atoms with Crippen molar-refractivity contribution in [1.82, 2.24) is 4.90 Å². The minimum atomic E-state index is -0.169. The third-order valence-corrected chi connectivity index (χ3v) is 4.86. The predicted octanol–water partition coefficient (Wildman–Crippen LogP) is 4.73. The summed E-state index contributed by atoms with van der Waals surface area (Å²) in [5, 5.41) is 0.969. The molecular formula is C14H18Br2FN. The summed E-state index contributed by atoms with van der Waals surface area (Å²) in [5.41, 5.74) is 1.04. The molecule has 0 unspecified atom stereocenters. The van der Waals surface area contributed by atoms with Crippen LogP contribution in [0.2, 0.25) is 0 Å². The topological polar surface area (TPSA) is 3.24 Å². The molecule has 0 N–H and O–H groups in total. The lowest BCUT2D eigenvalue weighted by Gasteiger charge is -2.28. The number of rotatable bonds is 5. The monoisotopic (exact) mass is 377 g/mol. The van der Waals surface area contributed by atoms with Gasteiger partial charge in [-0.05, 0) is 40.4 Å². The molecule has 0 saturated heterocycles. The molecule has 0 bridgehead atoms. The Bertz CT molecular complexity index is 391. The molecule has 4 heteroatoms. The van der Waals surface area contributed by atoms with E-state index >= 15 is 0 Å². The standard InChI is InChI=1S/C14H18Br2FN/c15-8-9-18(12-5-1-2-6-12)10-11-4-3-7-13(17)14(11)16/h3-4,7,12H,1-2,5-6,8-10H2. The Labute approximate surface area is 125 Å². The minimum absolute atomic E-state index is 0.169. The zero-order valence-corrected chi connectivity index (χ0v) is 13.5. The summed E-state index contributed by atoms with van der Waals surface area (Å²) in [5.74, 6) is -0.169. The van der Waals surface area contributed by atoms with Gasteiger partial charge in [-0.2, -0.15) is 0 Å². The quantitative estimate of drug-likeness (QED) is 0.669. The van der Waals surface area contributed by atoms with Gasteiger partial charge in [0.15, 0.2) is 0 Å². The molecule has 0 radical (unpaired) electrons. The number of benzene rings is 1. The number of nitrogens with zero attached hydrogens (tertiary/aromatic N) is 1. The molecule has 1 fully saturated rings. The maximum Gasteiger partial charge on any atom is 0.137 e. The fraction of sp³-hybridized carbons (Fsp3) is 0.571. The Kier molecular flexibility index (Phi) is 5.64. The summed E-state index contributed by atoms with van der Waals surface area (Å²) >= 11 is 6.87. The van der Waals surface area contributed by atoms with Gasteiger partial charge in [0, 0.05) is 24.5 Å². The predicted molar refractivity (Wildman–Crippen MR) is 80.6 cm³/mol. The van der Waals surface area contributed by atoms with Crippen molar-refractivity contribution < 1.29 is 4.39 Å². The Hall–Kier alpha value is 0.0700. The van der Waals surface area contributed by atoms with Gasteiger partial charge in [-0.3, -0.25) is 4.90 Å². The molecule has 0 aliphatic heterocycles. The first kappa shape index (κ1) is 14.5. The van der Waals surface area contributed by atoms with Crippen LogP contribution in [0.1, 0.15) is 31.2 Å². The van der Waals surface area contributed by atoms with Crippen LogP contribution < -0.4 is 0 Å². The van der Waals surface area contributed by atoms with E-state index in [9.17, 15) is 4.39 Å². The molecule has 1 aliphatic rings. The van der Waals surface area contributed by atoms with Crippen LogP contribution in [0.4, 0.5) is 4.39 Å². The molecule has 2 rings (SSSR count). The van der Waals surface area contributed by atoms with Crippen LogP contribution in [-0.4, -0.2) is 22.8 Å². The van der Waals surface area contributed by atoms with E-state index in [1.807, 2.05) is 6.07 Å². The molecule has 0 aromatic heterocycles. The lowest BCUT2D eigenvalue weighted by Crippen LogP contribution is -2.34. The van der Waals surface area contributed by atoms with E-state index in [1.54, 1.807) is 6.07 Å². The molecular weight excluding hydrogens is 361 g/mol. The van der Waals surface area contributed by atoms with Crippen LogP contribution in [0.3, 0.4) is 0 Å². The van der Waals surface area contributed by atoms with Crippen molar-refractivity contribution in [2.75, 3.05) is 11.9 Å². The van der Waals surface area contributed by atoms with Crippen LogP contribution in [0.25, 0.3) is 0 Å². The normalized spacial score (nSPS) is 16.7. The van der Waals surface area contributed by atoms with Gasteiger partial charge in [-0.15, -0.1) is 0 Å². The highest BCUT2D eigenvalue weighted by Gasteiger charge is 2.22. The highest BCUT2D eigenvalue weighted by atomic mass is 79.9. The molecule has 1 saturated carbocycles. The van der Waals surface area contributed by atoms with Crippen molar-refractivity contribution in [3.05, 3.63) is 34.1 Å². The summed E-state index contributed by atoms with van der Waals surface area (Å²) in [6.45, 7) is 1.85. The van der Waals surface area contributed by atoms with Crippen molar-refractivity contribution in [2.45, 2.75) is 38.3 Å². The third kappa shape index (κ3) is 3.55. The van der Waals surface area contributed by atoms with E-state index in [4.69, 9.17) is 0 Å². The molecule has 0 atom stereocenters. The second-order valence-electron chi connectivity index (χ2n) is 4.81. The average Bonchev–Trinajstić information content (AvgIpc) is 2.88. The molecule has 1 aliphatic carbocycles. The molecule has 1 aromatic rings. The van der Waals surface area contributed by atoms with E-state index in [-0.39, 0.29) is 5.82 Å². The zero-order valence-electron chi connectivity index (χ0n) is 10.3.